The predicted octanol–water partition coefficient (Wildman–Crippen LogP) is 4.41. The van der Waals surface area contributed by atoms with E-state index in [1.807, 2.05) is 13.8 Å². The number of carbonyl (C=O) groups is 3. The Morgan fingerprint density at radius 1 is 1.13 bits per heavy atom. The molecule has 3 rings (SSSR count). The number of esters is 1. The molecular weight excluding hydrogens is 525 g/mol. The van der Waals surface area contributed by atoms with E-state index in [-0.39, 0.29) is 49.5 Å². The van der Waals surface area contributed by atoms with Gasteiger partial charge in [0, 0.05) is 41.8 Å². The van der Waals surface area contributed by atoms with E-state index in [4.69, 9.17) is 19.9 Å². The van der Waals surface area contributed by atoms with Gasteiger partial charge in [0.1, 0.15) is 25.1 Å². The summed E-state index contributed by atoms with van der Waals surface area (Å²) in [5.74, 6) is -0.717. The third kappa shape index (κ3) is 7.84. The molecular formula is C28H32FN3O6S. The van der Waals surface area contributed by atoms with Crippen LogP contribution in [0.1, 0.15) is 42.6 Å². The van der Waals surface area contributed by atoms with Gasteiger partial charge in [-0.2, -0.15) is 5.10 Å². The number of benzene rings is 2. The molecule has 3 aromatic rings. The van der Waals surface area contributed by atoms with Crippen LogP contribution in [-0.2, 0) is 14.3 Å². The van der Waals surface area contributed by atoms with E-state index in [9.17, 15) is 18.8 Å². The van der Waals surface area contributed by atoms with Crippen molar-refractivity contribution in [1.29, 1.82) is 0 Å². The molecule has 2 aromatic carbocycles. The van der Waals surface area contributed by atoms with Gasteiger partial charge in [0.25, 0.3) is 0 Å². The molecule has 0 aliphatic carbocycles. The molecule has 0 fully saturated rings. The summed E-state index contributed by atoms with van der Waals surface area (Å²) in [7, 11) is 2.95. The van der Waals surface area contributed by atoms with Crippen molar-refractivity contribution in [2.45, 2.75) is 32.7 Å². The van der Waals surface area contributed by atoms with Crippen molar-refractivity contribution >= 4 is 45.3 Å². The van der Waals surface area contributed by atoms with Crippen LogP contribution < -0.4 is 15.2 Å². The summed E-state index contributed by atoms with van der Waals surface area (Å²) in [6, 6.07) is 8.81. The number of fused-ring (bicyclic) bond motifs is 1. The van der Waals surface area contributed by atoms with Crippen LogP contribution in [0.15, 0.2) is 46.9 Å². The van der Waals surface area contributed by atoms with Crippen LogP contribution in [0.4, 0.5) is 4.39 Å². The van der Waals surface area contributed by atoms with Crippen LogP contribution in [0.5, 0.6) is 11.5 Å². The summed E-state index contributed by atoms with van der Waals surface area (Å²) in [5, 5.41) is 7.81. The molecule has 0 saturated carbocycles. The monoisotopic (exact) mass is 557 g/mol. The van der Waals surface area contributed by atoms with Gasteiger partial charge >= 0.3 is 5.97 Å². The zero-order valence-electron chi connectivity index (χ0n) is 22.3. The molecule has 1 heterocycles. The van der Waals surface area contributed by atoms with Gasteiger partial charge in [-0.3, -0.25) is 14.4 Å². The maximum atomic E-state index is 13.9. The number of Topliss-reactive ketones (excluding diaryl/α,β-unsaturated/α-hetero) is 1. The van der Waals surface area contributed by atoms with Crippen LogP contribution in [0, 0.1) is 11.7 Å². The number of amides is 1. The Morgan fingerprint density at radius 3 is 2.62 bits per heavy atom. The van der Waals surface area contributed by atoms with E-state index in [1.165, 1.54) is 43.8 Å². The zero-order chi connectivity index (χ0) is 28.5. The van der Waals surface area contributed by atoms with Gasteiger partial charge in [-0.05, 0) is 30.2 Å². The van der Waals surface area contributed by atoms with Crippen molar-refractivity contribution in [3.8, 4) is 11.5 Å². The number of nitrogens with two attached hydrogens (primary N) is 1. The Bertz CT molecular complexity index is 1360. The molecule has 0 radical (unpaired) electrons. The number of halogens is 1. The predicted molar refractivity (Wildman–Crippen MR) is 148 cm³/mol. The molecule has 0 saturated heterocycles. The Morgan fingerprint density at radius 2 is 1.90 bits per heavy atom. The Kier molecular flexibility index (Phi) is 10.5. The Hall–Kier alpha value is -3.83. The highest BCUT2D eigenvalue weighted by atomic mass is 32.1. The highest BCUT2D eigenvalue weighted by Crippen LogP contribution is 2.29. The SMILES string of the molecule is COc1cc(C(=O)CCC(=O)N(C)/N=C/c2csc3c(F)cccc23)ccc1OCCOC(=O)[C@@H](N)C(C)C. The second-order valence-electron chi connectivity index (χ2n) is 9.04. The standard InChI is InChI=1S/C28H32FN3O6S/c1-17(2)26(30)28(35)38-13-12-37-23-10-8-18(14-24(23)36-4)22(33)9-11-25(34)32(3)31-15-19-16-39-27-20(19)6-5-7-21(27)29/h5-8,10,14-17,26H,9,11-13,30H2,1-4H3/b31-15+/t26-/m0/s1. The number of hydrogen-bond donors (Lipinski definition) is 1. The second-order valence-corrected chi connectivity index (χ2v) is 9.92. The van der Waals surface area contributed by atoms with Gasteiger partial charge in [0.15, 0.2) is 17.3 Å². The fraction of sp³-hybridized carbons (Fsp3) is 0.357. The van der Waals surface area contributed by atoms with Crippen molar-refractivity contribution in [1.82, 2.24) is 5.01 Å². The summed E-state index contributed by atoms with van der Waals surface area (Å²) < 4.78 is 30.5. The number of ether oxygens (including phenoxy) is 3. The second kappa shape index (κ2) is 13.8. The number of ketones is 1. The molecule has 0 aliphatic rings. The first-order valence-corrected chi connectivity index (χ1v) is 13.2. The molecule has 9 nitrogen and oxygen atoms in total. The summed E-state index contributed by atoms with van der Waals surface area (Å²) in [6.45, 7) is 3.75. The lowest BCUT2D eigenvalue weighted by atomic mass is 10.1. The first kappa shape index (κ1) is 29.7. The number of methoxy groups -OCH3 is 1. The molecule has 2 N–H and O–H groups in total. The number of rotatable bonds is 13. The minimum atomic E-state index is -0.699. The molecule has 1 aromatic heterocycles. The molecule has 208 valence electrons. The van der Waals surface area contributed by atoms with Gasteiger partial charge in [-0.15, -0.1) is 11.3 Å². The van der Waals surface area contributed by atoms with Crippen molar-refractivity contribution < 1.29 is 33.0 Å². The molecule has 39 heavy (non-hydrogen) atoms. The third-order valence-electron chi connectivity index (χ3n) is 5.94. The first-order chi connectivity index (χ1) is 18.6. The maximum Gasteiger partial charge on any atom is 0.323 e. The van der Waals surface area contributed by atoms with Gasteiger partial charge in [-0.25, -0.2) is 9.40 Å². The van der Waals surface area contributed by atoms with Crippen LogP contribution in [0.25, 0.3) is 10.1 Å². The fourth-order valence-electron chi connectivity index (χ4n) is 3.50. The Balaban J connectivity index is 1.51. The lowest BCUT2D eigenvalue weighted by Crippen LogP contribution is -2.37. The molecule has 1 amide bonds. The van der Waals surface area contributed by atoms with E-state index in [1.54, 1.807) is 29.6 Å². The lowest BCUT2D eigenvalue weighted by molar-refractivity contribution is -0.147. The number of thiophene rings is 1. The summed E-state index contributed by atoms with van der Waals surface area (Å²) in [4.78, 5) is 37.1. The van der Waals surface area contributed by atoms with Gasteiger partial charge < -0.3 is 19.9 Å². The van der Waals surface area contributed by atoms with E-state index in [0.29, 0.717) is 27.3 Å². The topological polar surface area (TPSA) is 121 Å². The Labute approximate surface area is 230 Å². The molecule has 0 aliphatic heterocycles. The third-order valence-corrected chi connectivity index (χ3v) is 6.96. The normalized spacial score (nSPS) is 12.1. The number of carbonyl (C=O) groups excluding carboxylic acids is 3. The van der Waals surface area contributed by atoms with Gasteiger partial charge in [0.05, 0.1) is 18.0 Å². The van der Waals surface area contributed by atoms with Crippen molar-refractivity contribution in [2.24, 2.45) is 16.8 Å². The van der Waals surface area contributed by atoms with Crippen LogP contribution in [-0.4, -0.2) is 62.3 Å². The average Bonchev–Trinajstić information content (AvgIpc) is 3.36. The van der Waals surface area contributed by atoms with Crippen molar-refractivity contribution in [3.05, 3.63) is 58.7 Å². The number of hydrogen-bond acceptors (Lipinski definition) is 9. The number of hydrazone groups is 1. The zero-order valence-corrected chi connectivity index (χ0v) is 23.1. The van der Waals surface area contributed by atoms with E-state index in [0.717, 1.165) is 10.4 Å². The highest BCUT2D eigenvalue weighted by molar-refractivity contribution is 7.17. The van der Waals surface area contributed by atoms with E-state index < -0.39 is 12.0 Å². The van der Waals surface area contributed by atoms with Gasteiger partial charge in [-0.1, -0.05) is 26.0 Å². The summed E-state index contributed by atoms with van der Waals surface area (Å²) in [6.07, 6.45) is 1.43. The minimum Gasteiger partial charge on any atom is -0.493 e. The van der Waals surface area contributed by atoms with Crippen LogP contribution >= 0.6 is 11.3 Å². The largest absolute Gasteiger partial charge is 0.493 e. The summed E-state index contributed by atoms with van der Waals surface area (Å²) >= 11 is 1.27. The van der Waals surface area contributed by atoms with E-state index in [2.05, 4.69) is 5.10 Å². The minimum absolute atomic E-state index is 0.0146. The molecule has 11 heteroatoms. The van der Waals surface area contributed by atoms with Crippen molar-refractivity contribution in [2.75, 3.05) is 27.4 Å². The quantitative estimate of drug-likeness (QED) is 0.109. The smallest absolute Gasteiger partial charge is 0.323 e. The summed E-state index contributed by atoms with van der Waals surface area (Å²) in [5.41, 5.74) is 6.82. The molecule has 1 atom stereocenters. The molecule has 0 unspecified atom stereocenters. The van der Waals surface area contributed by atoms with Crippen LogP contribution in [0.2, 0.25) is 0 Å². The number of nitrogens with zero attached hydrogens (tertiary/aromatic N) is 2. The fourth-order valence-corrected chi connectivity index (χ4v) is 4.43. The molecule has 0 spiro atoms. The first-order valence-electron chi connectivity index (χ1n) is 12.3. The van der Waals surface area contributed by atoms with Crippen molar-refractivity contribution in [3.63, 3.8) is 0 Å². The van der Waals surface area contributed by atoms with E-state index >= 15 is 0 Å². The lowest BCUT2D eigenvalue weighted by Gasteiger charge is -2.15. The van der Waals surface area contributed by atoms with Crippen LogP contribution in [0.3, 0.4) is 0 Å². The average molecular weight is 558 g/mol. The maximum absolute atomic E-state index is 13.9. The van der Waals surface area contributed by atoms with Gasteiger partial charge in [0.2, 0.25) is 5.91 Å². The molecule has 0 bridgehead atoms. The highest BCUT2D eigenvalue weighted by Gasteiger charge is 2.19.